The maximum atomic E-state index is 12.5. The third-order valence-electron chi connectivity index (χ3n) is 5.02. The van der Waals surface area contributed by atoms with Crippen LogP contribution in [0.15, 0.2) is 82.8 Å². The molecular formula is C28H27BrN2O3. The molecule has 1 N–H and O–H groups in total. The van der Waals surface area contributed by atoms with Gasteiger partial charge in [-0.3, -0.25) is 4.79 Å². The first-order valence-electron chi connectivity index (χ1n) is 11.2. The quantitative estimate of drug-likeness (QED) is 0.189. The number of nitrogens with one attached hydrogen (secondary N) is 1. The Bertz CT molecular complexity index is 1150. The first-order valence-corrected chi connectivity index (χ1v) is 12.0. The van der Waals surface area contributed by atoms with Crippen LogP contribution in [0.3, 0.4) is 0 Å². The number of aryl methyl sites for hydroxylation is 1. The van der Waals surface area contributed by atoms with E-state index in [4.69, 9.17) is 9.47 Å². The minimum absolute atomic E-state index is 0.0469. The number of carbonyl (C=O) groups excluding carboxylic acids is 1. The second kappa shape index (κ2) is 13.2. The lowest BCUT2D eigenvalue weighted by Crippen LogP contribution is -2.25. The van der Waals surface area contributed by atoms with Crippen LogP contribution in [-0.2, 0) is 17.8 Å². The van der Waals surface area contributed by atoms with Crippen LogP contribution in [0.25, 0.3) is 6.08 Å². The molecule has 0 fully saturated rings. The molecule has 0 aliphatic rings. The number of hydrogen-bond donors (Lipinski definition) is 1. The van der Waals surface area contributed by atoms with Crippen molar-refractivity contribution < 1.29 is 14.3 Å². The predicted octanol–water partition coefficient (Wildman–Crippen LogP) is 6.08. The van der Waals surface area contributed by atoms with Crippen molar-refractivity contribution in [3.63, 3.8) is 0 Å². The van der Waals surface area contributed by atoms with Gasteiger partial charge in [-0.2, -0.15) is 5.26 Å². The summed E-state index contributed by atoms with van der Waals surface area (Å²) in [5.74, 6) is 0.781. The number of nitriles is 1. The van der Waals surface area contributed by atoms with E-state index in [2.05, 4.69) is 33.4 Å². The predicted molar refractivity (Wildman–Crippen MR) is 137 cm³/mol. The summed E-state index contributed by atoms with van der Waals surface area (Å²) in [4.78, 5) is 12.5. The molecule has 34 heavy (non-hydrogen) atoms. The van der Waals surface area contributed by atoms with Crippen molar-refractivity contribution in [2.24, 2.45) is 0 Å². The van der Waals surface area contributed by atoms with Crippen LogP contribution in [0.1, 0.15) is 30.0 Å². The topological polar surface area (TPSA) is 71.3 Å². The van der Waals surface area contributed by atoms with E-state index < -0.39 is 0 Å². The lowest BCUT2D eigenvalue weighted by Gasteiger charge is -2.13. The number of ether oxygens (including phenoxy) is 2. The molecule has 0 saturated heterocycles. The van der Waals surface area contributed by atoms with Gasteiger partial charge in [-0.25, -0.2) is 0 Å². The Morgan fingerprint density at radius 1 is 1.00 bits per heavy atom. The molecule has 0 unspecified atom stereocenters. The fourth-order valence-electron chi connectivity index (χ4n) is 3.29. The Morgan fingerprint density at radius 3 is 2.47 bits per heavy atom. The van der Waals surface area contributed by atoms with Crippen molar-refractivity contribution in [1.29, 1.82) is 5.26 Å². The van der Waals surface area contributed by atoms with Gasteiger partial charge in [0, 0.05) is 11.0 Å². The number of nitrogens with zero attached hydrogens (tertiary/aromatic N) is 1. The van der Waals surface area contributed by atoms with Crippen LogP contribution >= 0.6 is 15.9 Å². The zero-order valence-corrected chi connectivity index (χ0v) is 20.7. The molecule has 0 aromatic heterocycles. The molecule has 0 atom stereocenters. The van der Waals surface area contributed by atoms with E-state index in [1.807, 2.05) is 55.5 Å². The van der Waals surface area contributed by atoms with E-state index in [0.29, 0.717) is 36.8 Å². The molecule has 5 nitrogen and oxygen atoms in total. The van der Waals surface area contributed by atoms with E-state index >= 15 is 0 Å². The fourth-order valence-corrected chi connectivity index (χ4v) is 3.56. The second-order valence-corrected chi connectivity index (χ2v) is 8.48. The van der Waals surface area contributed by atoms with E-state index in [-0.39, 0.29) is 11.5 Å². The van der Waals surface area contributed by atoms with Gasteiger partial charge in [-0.15, -0.1) is 0 Å². The van der Waals surface area contributed by atoms with Crippen LogP contribution < -0.4 is 14.8 Å². The SMILES string of the molecule is CCOc1cc(/C=C(/C#N)C(=O)NCCCc2ccccc2)ccc1OCc1ccc(Br)cc1. The normalized spacial score (nSPS) is 10.9. The van der Waals surface area contributed by atoms with Gasteiger partial charge in [-0.05, 0) is 66.8 Å². The summed E-state index contributed by atoms with van der Waals surface area (Å²) >= 11 is 3.43. The summed E-state index contributed by atoms with van der Waals surface area (Å²) < 4.78 is 12.7. The summed E-state index contributed by atoms with van der Waals surface area (Å²) in [6.45, 7) is 3.26. The first kappa shape index (κ1) is 25.1. The Morgan fingerprint density at radius 2 is 1.76 bits per heavy atom. The lowest BCUT2D eigenvalue weighted by molar-refractivity contribution is -0.117. The molecule has 3 rings (SSSR count). The summed E-state index contributed by atoms with van der Waals surface area (Å²) in [6, 6.07) is 25.4. The molecule has 0 radical (unpaired) electrons. The first-order chi connectivity index (χ1) is 16.6. The van der Waals surface area contributed by atoms with Gasteiger partial charge in [0.25, 0.3) is 5.91 Å². The number of hydrogen-bond acceptors (Lipinski definition) is 4. The van der Waals surface area contributed by atoms with E-state index in [1.54, 1.807) is 24.3 Å². The van der Waals surface area contributed by atoms with Crippen LogP contribution in [0.4, 0.5) is 0 Å². The minimum atomic E-state index is -0.385. The maximum absolute atomic E-state index is 12.5. The smallest absolute Gasteiger partial charge is 0.261 e. The zero-order chi connectivity index (χ0) is 24.2. The molecule has 0 aliphatic carbocycles. The van der Waals surface area contributed by atoms with Gasteiger partial charge >= 0.3 is 0 Å². The highest BCUT2D eigenvalue weighted by Gasteiger charge is 2.11. The third-order valence-corrected chi connectivity index (χ3v) is 5.55. The highest BCUT2D eigenvalue weighted by molar-refractivity contribution is 9.10. The van der Waals surface area contributed by atoms with Gasteiger partial charge in [-0.1, -0.05) is 64.5 Å². The van der Waals surface area contributed by atoms with Gasteiger partial charge in [0.15, 0.2) is 11.5 Å². The molecule has 0 bridgehead atoms. The third kappa shape index (κ3) is 7.79. The van der Waals surface area contributed by atoms with E-state index in [0.717, 1.165) is 22.9 Å². The van der Waals surface area contributed by atoms with Crippen molar-refractivity contribution in [2.45, 2.75) is 26.4 Å². The van der Waals surface area contributed by atoms with Gasteiger partial charge in [0.1, 0.15) is 18.2 Å². The average molecular weight is 519 g/mol. The van der Waals surface area contributed by atoms with Crippen molar-refractivity contribution in [1.82, 2.24) is 5.32 Å². The Balaban J connectivity index is 1.62. The molecular weight excluding hydrogens is 492 g/mol. The summed E-state index contributed by atoms with van der Waals surface area (Å²) in [7, 11) is 0. The van der Waals surface area contributed by atoms with Crippen molar-refractivity contribution in [3.8, 4) is 17.6 Å². The van der Waals surface area contributed by atoms with Gasteiger partial charge in [0.2, 0.25) is 0 Å². The molecule has 0 aliphatic heterocycles. The summed E-state index contributed by atoms with van der Waals surface area (Å²) in [6.07, 6.45) is 3.23. The molecule has 174 valence electrons. The number of carbonyl (C=O) groups is 1. The standard InChI is InChI=1S/C28H27BrN2O3/c1-2-33-27-18-23(12-15-26(27)34-20-22-10-13-25(29)14-11-22)17-24(19-30)28(32)31-16-6-9-21-7-4-3-5-8-21/h3-5,7-8,10-15,17-18H,2,6,9,16,20H2,1H3,(H,31,32)/b24-17-. The lowest BCUT2D eigenvalue weighted by atomic mass is 10.1. The molecule has 3 aromatic carbocycles. The molecule has 1 amide bonds. The Labute approximate surface area is 209 Å². The highest BCUT2D eigenvalue weighted by Crippen LogP contribution is 2.30. The fraction of sp³-hybridized carbons (Fsp3) is 0.214. The molecule has 0 heterocycles. The van der Waals surface area contributed by atoms with Crippen LogP contribution in [0.2, 0.25) is 0 Å². The number of halogens is 1. The minimum Gasteiger partial charge on any atom is -0.490 e. The average Bonchev–Trinajstić information content (AvgIpc) is 2.86. The van der Waals surface area contributed by atoms with E-state index in [1.165, 1.54) is 5.56 Å². The molecule has 6 heteroatoms. The monoisotopic (exact) mass is 518 g/mol. The molecule has 0 spiro atoms. The second-order valence-electron chi connectivity index (χ2n) is 7.57. The van der Waals surface area contributed by atoms with Crippen LogP contribution in [0.5, 0.6) is 11.5 Å². The Hall–Kier alpha value is -3.56. The van der Waals surface area contributed by atoms with E-state index in [9.17, 15) is 10.1 Å². The van der Waals surface area contributed by atoms with Crippen molar-refractivity contribution in [2.75, 3.05) is 13.2 Å². The summed E-state index contributed by atoms with van der Waals surface area (Å²) in [5.41, 5.74) is 2.99. The van der Waals surface area contributed by atoms with Gasteiger partial charge < -0.3 is 14.8 Å². The van der Waals surface area contributed by atoms with Gasteiger partial charge in [0.05, 0.1) is 6.61 Å². The number of benzene rings is 3. The summed E-state index contributed by atoms with van der Waals surface area (Å²) in [5, 5.41) is 12.3. The van der Waals surface area contributed by atoms with Crippen molar-refractivity contribution in [3.05, 3.63) is 99.5 Å². The largest absolute Gasteiger partial charge is 0.490 e. The van der Waals surface area contributed by atoms with Crippen LogP contribution in [-0.4, -0.2) is 19.1 Å². The highest BCUT2D eigenvalue weighted by atomic mass is 79.9. The number of amides is 1. The van der Waals surface area contributed by atoms with Crippen molar-refractivity contribution >= 4 is 27.9 Å². The van der Waals surface area contributed by atoms with Crippen LogP contribution in [0, 0.1) is 11.3 Å². The zero-order valence-electron chi connectivity index (χ0n) is 19.1. The Kier molecular flexibility index (Phi) is 9.75. The maximum Gasteiger partial charge on any atom is 0.261 e. The molecule has 0 saturated carbocycles. The molecule has 3 aromatic rings. The number of rotatable bonds is 11.